The molecule has 58 valence electrons. The van der Waals surface area contributed by atoms with Crippen LogP contribution in [0.25, 0.3) is 0 Å². The smallest absolute Gasteiger partial charge is 0.407 e. The highest BCUT2D eigenvalue weighted by molar-refractivity contribution is 5.66. The van der Waals surface area contributed by atoms with Gasteiger partial charge >= 0.3 is 6.09 Å². The van der Waals surface area contributed by atoms with Crippen LogP contribution < -0.4 is 0 Å². The van der Waals surface area contributed by atoms with Crippen LogP contribution in [-0.4, -0.2) is 29.2 Å². The standard InChI is InChI=1S/C8H9NO2/c1-2-3-7-4-5-9(6-7)8(10)11/h1,3H,4-6H2,(H,10,11)/b7-3+. The number of terminal acetylenes is 1. The van der Waals surface area contributed by atoms with E-state index in [1.807, 2.05) is 0 Å². The van der Waals surface area contributed by atoms with Crippen molar-refractivity contribution in [3.63, 3.8) is 0 Å². The molecule has 3 heteroatoms. The molecule has 1 N–H and O–H groups in total. The number of carboxylic acid groups (broad SMARTS) is 1. The summed E-state index contributed by atoms with van der Waals surface area (Å²) in [5.41, 5.74) is 1.02. The zero-order valence-corrected chi connectivity index (χ0v) is 6.08. The van der Waals surface area contributed by atoms with Crippen LogP contribution >= 0.6 is 0 Å². The van der Waals surface area contributed by atoms with Crippen LogP contribution in [0.2, 0.25) is 0 Å². The van der Waals surface area contributed by atoms with Crippen molar-refractivity contribution in [2.75, 3.05) is 13.1 Å². The van der Waals surface area contributed by atoms with E-state index in [4.69, 9.17) is 11.5 Å². The third kappa shape index (κ3) is 1.74. The Morgan fingerprint density at radius 1 is 1.82 bits per heavy atom. The summed E-state index contributed by atoms with van der Waals surface area (Å²) in [5, 5.41) is 8.55. The van der Waals surface area contributed by atoms with E-state index < -0.39 is 6.09 Å². The summed E-state index contributed by atoms with van der Waals surface area (Å²) in [6, 6.07) is 0. The van der Waals surface area contributed by atoms with Crippen LogP contribution in [0.4, 0.5) is 4.79 Å². The van der Waals surface area contributed by atoms with Gasteiger partial charge in [-0.3, -0.25) is 0 Å². The number of nitrogens with zero attached hydrogens (tertiary/aromatic N) is 1. The molecule has 0 radical (unpaired) electrons. The molecule has 0 aromatic rings. The quantitative estimate of drug-likeness (QED) is 0.523. The number of allylic oxidation sites excluding steroid dienone is 1. The second-order valence-electron chi connectivity index (χ2n) is 2.42. The minimum Gasteiger partial charge on any atom is -0.465 e. The molecule has 0 aromatic heterocycles. The highest BCUT2D eigenvalue weighted by Crippen LogP contribution is 2.13. The molecule has 1 aliphatic heterocycles. The van der Waals surface area contributed by atoms with Gasteiger partial charge in [0.2, 0.25) is 0 Å². The minimum atomic E-state index is -0.870. The summed E-state index contributed by atoms with van der Waals surface area (Å²) in [4.78, 5) is 11.7. The molecular formula is C8H9NO2. The number of hydrogen-bond acceptors (Lipinski definition) is 1. The lowest BCUT2D eigenvalue weighted by Crippen LogP contribution is -2.25. The molecule has 0 saturated carbocycles. The Labute approximate surface area is 65.3 Å². The number of likely N-dealkylation sites (tertiary alicyclic amines) is 1. The monoisotopic (exact) mass is 151 g/mol. The predicted octanol–water partition coefficient (Wildman–Crippen LogP) is 0.930. The van der Waals surface area contributed by atoms with Crippen molar-refractivity contribution in [3.8, 4) is 12.3 Å². The Bertz CT molecular complexity index is 237. The van der Waals surface area contributed by atoms with E-state index in [1.54, 1.807) is 6.08 Å². The molecule has 11 heavy (non-hydrogen) atoms. The molecule has 1 aliphatic rings. The van der Waals surface area contributed by atoms with Gasteiger partial charge in [0.25, 0.3) is 0 Å². The van der Waals surface area contributed by atoms with Crippen LogP contribution in [0.1, 0.15) is 6.42 Å². The fourth-order valence-corrected chi connectivity index (χ4v) is 1.08. The van der Waals surface area contributed by atoms with Crippen LogP contribution in [-0.2, 0) is 0 Å². The molecule has 0 spiro atoms. The topological polar surface area (TPSA) is 40.5 Å². The molecule has 3 nitrogen and oxygen atoms in total. The average Bonchev–Trinajstić information content (AvgIpc) is 2.37. The Balaban J connectivity index is 2.55. The maximum absolute atomic E-state index is 10.4. The molecule has 0 aromatic carbocycles. The number of rotatable bonds is 0. The van der Waals surface area contributed by atoms with Crippen LogP contribution in [0.15, 0.2) is 11.6 Å². The molecule has 0 atom stereocenters. The maximum Gasteiger partial charge on any atom is 0.407 e. The van der Waals surface area contributed by atoms with Gasteiger partial charge in [0.05, 0.1) is 0 Å². The first kappa shape index (κ1) is 7.67. The van der Waals surface area contributed by atoms with Crippen molar-refractivity contribution >= 4 is 6.09 Å². The lowest BCUT2D eigenvalue weighted by atomic mass is 10.2. The summed E-state index contributed by atoms with van der Waals surface area (Å²) in [6.45, 7) is 1.04. The molecule has 1 saturated heterocycles. The summed E-state index contributed by atoms with van der Waals surface area (Å²) < 4.78 is 0. The van der Waals surface area contributed by atoms with Crippen molar-refractivity contribution in [1.82, 2.24) is 4.90 Å². The second-order valence-corrected chi connectivity index (χ2v) is 2.42. The third-order valence-electron chi connectivity index (χ3n) is 1.65. The molecule has 0 aliphatic carbocycles. The summed E-state index contributed by atoms with van der Waals surface area (Å²) in [7, 11) is 0. The van der Waals surface area contributed by atoms with Crippen molar-refractivity contribution in [2.24, 2.45) is 0 Å². The first-order valence-corrected chi connectivity index (χ1v) is 3.36. The highest BCUT2D eigenvalue weighted by atomic mass is 16.4. The number of amides is 1. The predicted molar refractivity (Wildman–Crippen MR) is 41.1 cm³/mol. The maximum atomic E-state index is 10.4. The van der Waals surface area contributed by atoms with E-state index in [0.717, 1.165) is 12.0 Å². The Morgan fingerprint density at radius 2 is 2.55 bits per heavy atom. The van der Waals surface area contributed by atoms with Gasteiger partial charge in [-0.25, -0.2) is 4.79 Å². The van der Waals surface area contributed by atoms with Crippen LogP contribution in [0.3, 0.4) is 0 Å². The Kier molecular flexibility index (Phi) is 2.17. The first-order valence-electron chi connectivity index (χ1n) is 3.36. The molecule has 1 fully saturated rings. The zero-order valence-electron chi connectivity index (χ0n) is 6.08. The lowest BCUT2D eigenvalue weighted by molar-refractivity contribution is 0.156. The van der Waals surface area contributed by atoms with E-state index in [9.17, 15) is 4.79 Å². The van der Waals surface area contributed by atoms with Crippen molar-refractivity contribution in [3.05, 3.63) is 11.6 Å². The minimum absolute atomic E-state index is 0.472. The van der Waals surface area contributed by atoms with E-state index in [-0.39, 0.29) is 0 Å². The largest absolute Gasteiger partial charge is 0.465 e. The summed E-state index contributed by atoms with van der Waals surface area (Å²) in [5.74, 6) is 2.39. The fourth-order valence-electron chi connectivity index (χ4n) is 1.08. The highest BCUT2D eigenvalue weighted by Gasteiger charge is 2.19. The molecule has 1 rings (SSSR count). The van der Waals surface area contributed by atoms with Gasteiger partial charge in [-0.2, -0.15) is 0 Å². The van der Waals surface area contributed by atoms with Gasteiger partial charge in [0.15, 0.2) is 0 Å². The Hall–Kier alpha value is -1.43. The SMILES string of the molecule is C#C/C=C1\CCN(C(=O)O)C1. The lowest BCUT2D eigenvalue weighted by Gasteiger charge is -2.07. The van der Waals surface area contributed by atoms with Gasteiger partial charge in [-0.05, 0) is 18.1 Å². The van der Waals surface area contributed by atoms with Gasteiger partial charge in [0, 0.05) is 13.1 Å². The van der Waals surface area contributed by atoms with Crippen LogP contribution in [0.5, 0.6) is 0 Å². The van der Waals surface area contributed by atoms with E-state index in [1.165, 1.54) is 4.90 Å². The average molecular weight is 151 g/mol. The van der Waals surface area contributed by atoms with Crippen molar-refractivity contribution in [1.29, 1.82) is 0 Å². The number of carbonyl (C=O) groups is 1. The third-order valence-corrected chi connectivity index (χ3v) is 1.65. The summed E-state index contributed by atoms with van der Waals surface area (Å²) >= 11 is 0. The van der Waals surface area contributed by atoms with Crippen LogP contribution in [0, 0.1) is 12.3 Å². The fraction of sp³-hybridized carbons (Fsp3) is 0.375. The first-order chi connectivity index (χ1) is 5.24. The van der Waals surface area contributed by atoms with E-state index in [0.29, 0.717) is 13.1 Å². The van der Waals surface area contributed by atoms with E-state index >= 15 is 0 Å². The van der Waals surface area contributed by atoms with Gasteiger partial charge in [-0.15, -0.1) is 6.42 Å². The van der Waals surface area contributed by atoms with Gasteiger partial charge in [-0.1, -0.05) is 5.92 Å². The second kappa shape index (κ2) is 3.11. The normalized spacial score (nSPS) is 20.3. The van der Waals surface area contributed by atoms with Crippen molar-refractivity contribution in [2.45, 2.75) is 6.42 Å². The van der Waals surface area contributed by atoms with E-state index in [2.05, 4.69) is 5.92 Å². The van der Waals surface area contributed by atoms with Gasteiger partial charge in [0.1, 0.15) is 0 Å². The molecule has 0 bridgehead atoms. The summed E-state index contributed by atoms with van der Waals surface area (Å²) in [6.07, 6.45) is 6.58. The molecule has 1 amide bonds. The molecule has 0 unspecified atom stereocenters. The zero-order chi connectivity index (χ0) is 8.27. The van der Waals surface area contributed by atoms with Crippen molar-refractivity contribution < 1.29 is 9.90 Å². The number of hydrogen-bond donors (Lipinski definition) is 1. The molecule has 1 heterocycles. The Morgan fingerprint density at radius 3 is 3.00 bits per heavy atom. The molecular weight excluding hydrogens is 142 g/mol. The van der Waals surface area contributed by atoms with Gasteiger partial charge < -0.3 is 10.0 Å².